The number of rotatable bonds is 8. The Morgan fingerprint density at radius 2 is 1.56 bits per heavy atom. The van der Waals surface area contributed by atoms with Crippen LogP contribution in [-0.2, 0) is 11.2 Å². The summed E-state index contributed by atoms with van der Waals surface area (Å²) in [6, 6.07) is 17.6. The molecule has 0 bridgehead atoms. The van der Waals surface area contributed by atoms with Crippen molar-refractivity contribution < 1.29 is 24.0 Å². The molecule has 0 aliphatic carbocycles. The molecule has 172 valence electrons. The van der Waals surface area contributed by atoms with Crippen molar-refractivity contribution in [3.63, 3.8) is 0 Å². The zero-order chi connectivity index (χ0) is 24.2. The molecule has 9 heteroatoms. The Bertz CT molecular complexity index is 1220. The van der Waals surface area contributed by atoms with Gasteiger partial charge in [0.05, 0.1) is 22.7 Å². The number of carbonyl (C=O) groups is 3. The van der Waals surface area contributed by atoms with Crippen LogP contribution < -0.4 is 10.1 Å². The third-order valence-corrected chi connectivity index (χ3v) is 5.45. The van der Waals surface area contributed by atoms with Gasteiger partial charge in [0, 0.05) is 24.2 Å². The SMILES string of the molecule is CCOc1ccc(NC(=O)C(Cc2ccc([N+](=O)[O-])cc2)N2C(=O)c3ccccc3C2=O)cc1. The van der Waals surface area contributed by atoms with Crippen LogP contribution in [0.2, 0.25) is 0 Å². The van der Waals surface area contributed by atoms with E-state index in [1.165, 1.54) is 24.3 Å². The summed E-state index contributed by atoms with van der Waals surface area (Å²) in [5, 5.41) is 13.7. The summed E-state index contributed by atoms with van der Waals surface area (Å²) in [7, 11) is 0. The summed E-state index contributed by atoms with van der Waals surface area (Å²) in [4.78, 5) is 50.9. The first-order chi connectivity index (χ1) is 16.4. The molecule has 9 nitrogen and oxygen atoms in total. The topological polar surface area (TPSA) is 119 Å². The minimum absolute atomic E-state index is 0.00761. The summed E-state index contributed by atoms with van der Waals surface area (Å²) in [6.45, 7) is 2.36. The van der Waals surface area contributed by atoms with E-state index in [9.17, 15) is 24.5 Å². The molecule has 1 atom stereocenters. The molecule has 0 radical (unpaired) electrons. The molecular formula is C25H21N3O6. The number of anilines is 1. The second kappa shape index (κ2) is 9.53. The molecule has 1 heterocycles. The Balaban J connectivity index is 1.63. The molecule has 1 unspecified atom stereocenters. The molecule has 0 saturated heterocycles. The van der Waals surface area contributed by atoms with Crippen molar-refractivity contribution in [1.82, 2.24) is 4.90 Å². The quantitative estimate of drug-likeness (QED) is 0.311. The van der Waals surface area contributed by atoms with Crippen LogP contribution in [0.25, 0.3) is 0 Å². The number of nitrogens with zero attached hydrogens (tertiary/aromatic N) is 2. The van der Waals surface area contributed by atoms with E-state index in [1.54, 1.807) is 48.5 Å². The molecule has 3 aromatic carbocycles. The Morgan fingerprint density at radius 1 is 0.971 bits per heavy atom. The number of imide groups is 1. The zero-order valence-corrected chi connectivity index (χ0v) is 18.3. The maximum absolute atomic E-state index is 13.3. The molecule has 0 aromatic heterocycles. The van der Waals surface area contributed by atoms with Crippen LogP contribution in [0.3, 0.4) is 0 Å². The van der Waals surface area contributed by atoms with Gasteiger partial charge in [-0.25, -0.2) is 0 Å². The van der Waals surface area contributed by atoms with E-state index in [2.05, 4.69) is 5.32 Å². The fourth-order valence-electron chi connectivity index (χ4n) is 3.80. The second-order valence-corrected chi connectivity index (χ2v) is 7.62. The molecule has 1 N–H and O–H groups in total. The van der Waals surface area contributed by atoms with Crippen LogP contribution in [0.5, 0.6) is 5.75 Å². The molecule has 34 heavy (non-hydrogen) atoms. The Kier molecular flexibility index (Phi) is 6.35. The number of ether oxygens (including phenoxy) is 1. The number of nitro groups is 1. The number of carbonyl (C=O) groups excluding carboxylic acids is 3. The van der Waals surface area contributed by atoms with Crippen molar-refractivity contribution in [1.29, 1.82) is 0 Å². The summed E-state index contributed by atoms with van der Waals surface area (Å²) < 4.78 is 5.41. The Hall–Kier alpha value is -4.53. The van der Waals surface area contributed by atoms with Gasteiger partial charge in [0.2, 0.25) is 5.91 Å². The van der Waals surface area contributed by atoms with Crippen LogP contribution in [-0.4, -0.2) is 40.2 Å². The fraction of sp³-hybridized carbons (Fsp3) is 0.160. The summed E-state index contributed by atoms with van der Waals surface area (Å²) >= 11 is 0. The highest BCUT2D eigenvalue weighted by Crippen LogP contribution is 2.27. The van der Waals surface area contributed by atoms with Gasteiger partial charge in [-0.1, -0.05) is 24.3 Å². The number of hydrogen-bond acceptors (Lipinski definition) is 6. The number of nitrogens with one attached hydrogen (secondary N) is 1. The van der Waals surface area contributed by atoms with E-state index in [4.69, 9.17) is 4.74 Å². The molecule has 4 rings (SSSR count). The van der Waals surface area contributed by atoms with Gasteiger partial charge in [-0.15, -0.1) is 0 Å². The van der Waals surface area contributed by atoms with Gasteiger partial charge < -0.3 is 10.1 Å². The van der Waals surface area contributed by atoms with Gasteiger partial charge in [-0.2, -0.15) is 0 Å². The predicted molar refractivity (Wildman–Crippen MR) is 124 cm³/mol. The normalized spacial score (nSPS) is 13.4. The predicted octanol–water partition coefficient (Wildman–Crippen LogP) is 3.84. The Labute approximate surface area is 195 Å². The first-order valence-electron chi connectivity index (χ1n) is 10.6. The molecule has 3 amide bonds. The molecule has 3 aromatic rings. The largest absolute Gasteiger partial charge is 0.494 e. The summed E-state index contributed by atoms with van der Waals surface area (Å²) in [5.41, 5.74) is 1.40. The van der Waals surface area contributed by atoms with Crippen LogP contribution in [0, 0.1) is 10.1 Å². The molecule has 0 spiro atoms. The standard InChI is InChI=1S/C25H21N3O6/c1-2-34-19-13-9-17(10-14-19)26-23(29)22(15-16-7-11-18(12-8-16)28(32)33)27-24(30)20-5-3-4-6-21(20)25(27)31/h3-14,22H,2,15H2,1H3,(H,26,29). The fourth-order valence-corrected chi connectivity index (χ4v) is 3.80. The van der Waals surface area contributed by atoms with Crippen molar-refractivity contribution in [3.05, 3.63) is 99.6 Å². The van der Waals surface area contributed by atoms with E-state index in [-0.39, 0.29) is 23.2 Å². The number of amides is 3. The Morgan fingerprint density at radius 3 is 2.09 bits per heavy atom. The first kappa shape index (κ1) is 22.7. The van der Waals surface area contributed by atoms with Gasteiger partial charge in [0.1, 0.15) is 11.8 Å². The highest BCUT2D eigenvalue weighted by molar-refractivity contribution is 6.23. The molecular weight excluding hydrogens is 438 g/mol. The van der Waals surface area contributed by atoms with E-state index >= 15 is 0 Å². The lowest BCUT2D eigenvalue weighted by atomic mass is 10.0. The average molecular weight is 459 g/mol. The number of hydrogen-bond donors (Lipinski definition) is 1. The lowest BCUT2D eigenvalue weighted by molar-refractivity contribution is -0.384. The van der Waals surface area contributed by atoms with E-state index in [1.807, 2.05) is 6.92 Å². The van der Waals surface area contributed by atoms with Gasteiger partial charge in [0.25, 0.3) is 17.5 Å². The lowest BCUT2D eigenvalue weighted by Gasteiger charge is -2.25. The smallest absolute Gasteiger partial charge is 0.269 e. The van der Waals surface area contributed by atoms with Gasteiger partial charge in [-0.05, 0) is 48.9 Å². The van der Waals surface area contributed by atoms with Crippen molar-refractivity contribution in [3.8, 4) is 5.75 Å². The monoisotopic (exact) mass is 459 g/mol. The molecule has 1 aliphatic rings. The van der Waals surface area contributed by atoms with Crippen molar-refractivity contribution in [2.45, 2.75) is 19.4 Å². The average Bonchev–Trinajstić information content (AvgIpc) is 3.09. The van der Waals surface area contributed by atoms with Crippen LogP contribution in [0.1, 0.15) is 33.2 Å². The first-order valence-corrected chi connectivity index (χ1v) is 10.6. The van der Waals surface area contributed by atoms with E-state index in [0.717, 1.165) is 4.90 Å². The number of non-ortho nitro benzene ring substituents is 1. The van der Waals surface area contributed by atoms with E-state index < -0.39 is 28.7 Å². The maximum atomic E-state index is 13.3. The summed E-state index contributed by atoms with van der Waals surface area (Å²) in [5.74, 6) is -1.04. The number of fused-ring (bicyclic) bond motifs is 1. The van der Waals surface area contributed by atoms with Gasteiger partial charge >= 0.3 is 0 Å². The molecule has 0 saturated carbocycles. The van der Waals surface area contributed by atoms with Crippen LogP contribution in [0.15, 0.2) is 72.8 Å². The molecule has 0 fully saturated rings. The number of benzene rings is 3. The van der Waals surface area contributed by atoms with Crippen molar-refractivity contribution in [2.75, 3.05) is 11.9 Å². The molecule has 1 aliphatic heterocycles. The van der Waals surface area contributed by atoms with Crippen LogP contribution in [0.4, 0.5) is 11.4 Å². The minimum atomic E-state index is -1.17. The summed E-state index contributed by atoms with van der Waals surface area (Å²) in [6.07, 6.45) is -0.00761. The van der Waals surface area contributed by atoms with E-state index in [0.29, 0.717) is 23.6 Å². The van der Waals surface area contributed by atoms with Crippen molar-refractivity contribution in [2.24, 2.45) is 0 Å². The highest BCUT2D eigenvalue weighted by Gasteiger charge is 2.42. The highest BCUT2D eigenvalue weighted by atomic mass is 16.6. The van der Waals surface area contributed by atoms with Gasteiger partial charge in [-0.3, -0.25) is 29.4 Å². The third kappa shape index (κ3) is 4.49. The second-order valence-electron chi connectivity index (χ2n) is 7.62. The minimum Gasteiger partial charge on any atom is -0.494 e. The third-order valence-electron chi connectivity index (χ3n) is 5.45. The zero-order valence-electron chi connectivity index (χ0n) is 18.3. The lowest BCUT2D eigenvalue weighted by Crippen LogP contribution is -2.48. The van der Waals surface area contributed by atoms with Gasteiger partial charge in [0.15, 0.2) is 0 Å². The van der Waals surface area contributed by atoms with Crippen molar-refractivity contribution >= 4 is 29.1 Å². The maximum Gasteiger partial charge on any atom is 0.269 e. The number of nitro benzene ring substituents is 1. The van der Waals surface area contributed by atoms with Crippen LogP contribution >= 0.6 is 0 Å².